The van der Waals surface area contributed by atoms with E-state index in [-0.39, 0.29) is 11.2 Å². The van der Waals surface area contributed by atoms with Crippen molar-refractivity contribution in [1.82, 2.24) is 0 Å². The zero-order valence-corrected chi connectivity index (χ0v) is 9.09. The van der Waals surface area contributed by atoms with Crippen LogP contribution in [0.15, 0.2) is 30.3 Å². The molecule has 14 heavy (non-hydrogen) atoms. The summed E-state index contributed by atoms with van der Waals surface area (Å²) in [5.74, 6) is 0.820. The summed E-state index contributed by atoms with van der Waals surface area (Å²) in [6.07, 6.45) is 0.419. The standard InChI is InChI=1S/C11H15NOS/c1-2-14-11(13)8-10(12)9-6-4-3-5-7-9/h3-7,10H,2,8,12H2,1H3. The SMILES string of the molecule is CCSC(=O)CC(N)c1ccccc1. The zero-order chi connectivity index (χ0) is 10.4. The minimum Gasteiger partial charge on any atom is -0.324 e. The topological polar surface area (TPSA) is 43.1 Å². The molecule has 0 aromatic heterocycles. The number of carbonyl (C=O) groups excluding carboxylic acids is 1. The minimum atomic E-state index is -0.164. The second-order valence-corrected chi connectivity index (χ2v) is 4.35. The van der Waals surface area contributed by atoms with Crippen molar-refractivity contribution in [3.05, 3.63) is 35.9 Å². The van der Waals surface area contributed by atoms with Crippen LogP contribution in [0.5, 0.6) is 0 Å². The number of carbonyl (C=O) groups is 1. The van der Waals surface area contributed by atoms with E-state index in [1.165, 1.54) is 11.8 Å². The van der Waals surface area contributed by atoms with Crippen molar-refractivity contribution in [2.75, 3.05) is 5.75 Å². The summed E-state index contributed by atoms with van der Waals surface area (Å²) in [6, 6.07) is 9.56. The smallest absolute Gasteiger partial charge is 0.190 e. The predicted octanol–water partition coefficient (Wildman–Crippen LogP) is 2.36. The van der Waals surface area contributed by atoms with Gasteiger partial charge in [-0.15, -0.1) is 0 Å². The van der Waals surface area contributed by atoms with Gasteiger partial charge in [0, 0.05) is 12.5 Å². The van der Waals surface area contributed by atoms with E-state index in [0.29, 0.717) is 6.42 Å². The summed E-state index contributed by atoms with van der Waals surface area (Å²) >= 11 is 1.34. The van der Waals surface area contributed by atoms with Crippen LogP contribution in [0.1, 0.15) is 24.9 Å². The second-order valence-electron chi connectivity index (χ2n) is 3.03. The van der Waals surface area contributed by atoms with Crippen molar-refractivity contribution in [3.63, 3.8) is 0 Å². The van der Waals surface area contributed by atoms with E-state index < -0.39 is 0 Å². The molecule has 2 nitrogen and oxygen atoms in total. The van der Waals surface area contributed by atoms with Gasteiger partial charge in [0.2, 0.25) is 0 Å². The molecule has 0 aliphatic heterocycles. The van der Waals surface area contributed by atoms with Crippen molar-refractivity contribution >= 4 is 16.9 Å². The number of hydrogen-bond donors (Lipinski definition) is 1. The normalized spacial score (nSPS) is 12.4. The Bertz CT molecular complexity index is 287. The van der Waals surface area contributed by atoms with E-state index in [9.17, 15) is 4.79 Å². The largest absolute Gasteiger partial charge is 0.324 e. The fourth-order valence-corrected chi connectivity index (χ4v) is 1.84. The van der Waals surface area contributed by atoms with Gasteiger partial charge in [-0.25, -0.2) is 0 Å². The lowest BCUT2D eigenvalue weighted by atomic mass is 10.1. The van der Waals surface area contributed by atoms with Crippen LogP contribution in [0.2, 0.25) is 0 Å². The van der Waals surface area contributed by atoms with Gasteiger partial charge in [0.25, 0.3) is 0 Å². The Balaban J connectivity index is 2.50. The molecule has 0 saturated carbocycles. The van der Waals surface area contributed by atoms with E-state index in [1.807, 2.05) is 37.3 Å². The van der Waals surface area contributed by atoms with E-state index in [4.69, 9.17) is 5.73 Å². The maximum atomic E-state index is 11.3. The fraction of sp³-hybridized carbons (Fsp3) is 0.364. The first-order valence-corrected chi connectivity index (χ1v) is 5.68. The monoisotopic (exact) mass is 209 g/mol. The van der Waals surface area contributed by atoms with Gasteiger partial charge >= 0.3 is 0 Å². The van der Waals surface area contributed by atoms with Crippen molar-refractivity contribution in [2.24, 2.45) is 5.73 Å². The van der Waals surface area contributed by atoms with Crippen LogP contribution in [-0.2, 0) is 4.79 Å². The number of benzene rings is 1. The van der Waals surface area contributed by atoms with Gasteiger partial charge in [-0.1, -0.05) is 49.0 Å². The lowest BCUT2D eigenvalue weighted by molar-refractivity contribution is -0.111. The van der Waals surface area contributed by atoms with Gasteiger partial charge in [-0.2, -0.15) is 0 Å². The lowest BCUT2D eigenvalue weighted by Gasteiger charge is -2.09. The van der Waals surface area contributed by atoms with Crippen LogP contribution >= 0.6 is 11.8 Å². The first kappa shape index (κ1) is 11.3. The van der Waals surface area contributed by atoms with Crippen LogP contribution in [0.25, 0.3) is 0 Å². The average molecular weight is 209 g/mol. The minimum absolute atomic E-state index is 0.164. The Hall–Kier alpha value is -0.800. The van der Waals surface area contributed by atoms with Gasteiger partial charge in [0.15, 0.2) is 5.12 Å². The predicted molar refractivity (Wildman–Crippen MR) is 61.1 cm³/mol. The summed E-state index contributed by atoms with van der Waals surface area (Å²) in [5, 5.41) is 0.170. The van der Waals surface area contributed by atoms with Crippen molar-refractivity contribution in [1.29, 1.82) is 0 Å². The molecule has 1 atom stereocenters. The van der Waals surface area contributed by atoms with Gasteiger partial charge in [0.1, 0.15) is 0 Å². The molecule has 3 heteroatoms. The van der Waals surface area contributed by atoms with Crippen LogP contribution in [-0.4, -0.2) is 10.9 Å². The Kier molecular flexibility index (Phi) is 4.70. The average Bonchev–Trinajstić information content (AvgIpc) is 2.19. The van der Waals surface area contributed by atoms with Crippen molar-refractivity contribution in [2.45, 2.75) is 19.4 Å². The molecule has 1 unspecified atom stereocenters. The van der Waals surface area contributed by atoms with Crippen LogP contribution in [0, 0.1) is 0 Å². The molecule has 76 valence electrons. The summed E-state index contributed by atoms with van der Waals surface area (Å²) in [7, 11) is 0. The van der Waals surface area contributed by atoms with E-state index in [0.717, 1.165) is 11.3 Å². The third-order valence-electron chi connectivity index (χ3n) is 1.92. The summed E-state index contributed by atoms with van der Waals surface area (Å²) < 4.78 is 0. The number of thioether (sulfide) groups is 1. The third-order valence-corrected chi connectivity index (χ3v) is 2.70. The Labute approximate surface area is 88.9 Å². The quantitative estimate of drug-likeness (QED) is 0.827. The molecular formula is C11H15NOS. The molecule has 0 aliphatic carbocycles. The molecular weight excluding hydrogens is 194 g/mol. The van der Waals surface area contributed by atoms with Gasteiger partial charge in [-0.3, -0.25) is 4.79 Å². The highest BCUT2D eigenvalue weighted by Gasteiger charge is 2.10. The Morgan fingerprint density at radius 2 is 2.07 bits per heavy atom. The second kappa shape index (κ2) is 5.83. The molecule has 1 aromatic rings. The molecule has 0 saturated heterocycles. The summed E-state index contributed by atoms with van der Waals surface area (Å²) in [5.41, 5.74) is 6.92. The van der Waals surface area contributed by atoms with Crippen LogP contribution in [0.4, 0.5) is 0 Å². The number of hydrogen-bond acceptors (Lipinski definition) is 3. The van der Waals surface area contributed by atoms with E-state index in [1.54, 1.807) is 0 Å². The molecule has 2 N–H and O–H groups in total. The highest BCUT2D eigenvalue weighted by Crippen LogP contribution is 2.17. The molecule has 0 heterocycles. The maximum absolute atomic E-state index is 11.3. The van der Waals surface area contributed by atoms with Gasteiger partial charge < -0.3 is 5.73 Å². The maximum Gasteiger partial charge on any atom is 0.190 e. The zero-order valence-electron chi connectivity index (χ0n) is 8.27. The number of nitrogens with two attached hydrogens (primary N) is 1. The fourth-order valence-electron chi connectivity index (χ4n) is 1.22. The Morgan fingerprint density at radius 1 is 1.43 bits per heavy atom. The molecule has 0 aliphatic rings. The van der Waals surface area contributed by atoms with E-state index in [2.05, 4.69) is 0 Å². The van der Waals surface area contributed by atoms with Crippen molar-refractivity contribution < 1.29 is 4.79 Å². The third kappa shape index (κ3) is 3.52. The van der Waals surface area contributed by atoms with Crippen molar-refractivity contribution in [3.8, 4) is 0 Å². The van der Waals surface area contributed by atoms with Gasteiger partial charge in [-0.05, 0) is 11.3 Å². The highest BCUT2D eigenvalue weighted by atomic mass is 32.2. The number of rotatable bonds is 4. The molecule has 0 fully saturated rings. The first-order chi connectivity index (χ1) is 6.74. The molecule has 0 spiro atoms. The highest BCUT2D eigenvalue weighted by molar-refractivity contribution is 8.13. The first-order valence-electron chi connectivity index (χ1n) is 4.70. The Morgan fingerprint density at radius 3 is 2.64 bits per heavy atom. The summed E-state index contributed by atoms with van der Waals surface area (Å²) in [4.78, 5) is 11.3. The summed E-state index contributed by atoms with van der Waals surface area (Å²) in [6.45, 7) is 1.97. The molecule has 1 aromatic carbocycles. The molecule has 1 rings (SSSR count). The van der Waals surface area contributed by atoms with E-state index >= 15 is 0 Å². The molecule has 0 radical (unpaired) electrons. The lowest BCUT2D eigenvalue weighted by Crippen LogP contribution is -2.13. The molecule has 0 bridgehead atoms. The molecule has 0 amide bonds. The van der Waals surface area contributed by atoms with Gasteiger partial charge in [0.05, 0.1) is 0 Å². The van der Waals surface area contributed by atoms with Crippen LogP contribution < -0.4 is 5.73 Å². The van der Waals surface area contributed by atoms with Crippen LogP contribution in [0.3, 0.4) is 0 Å².